The summed E-state index contributed by atoms with van der Waals surface area (Å²) in [5, 5.41) is 11.0. The first kappa shape index (κ1) is 19.7. The minimum Gasteiger partial charge on any atom is -0.491 e. The summed E-state index contributed by atoms with van der Waals surface area (Å²) >= 11 is 1.73. The molecule has 1 saturated heterocycles. The molecule has 1 atom stereocenters. The molecule has 1 aromatic carbocycles. The zero-order chi connectivity index (χ0) is 18.9. The number of aliphatic imine (C=N–C) groups is 1. The average Bonchev–Trinajstić information content (AvgIpc) is 3.37. The molecule has 1 aliphatic heterocycles. The summed E-state index contributed by atoms with van der Waals surface area (Å²) in [4.78, 5) is 4.31. The number of aryl methyl sites for hydroxylation is 1. The number of rotatable bonds is 8. The van der Waals surface area contributed by atoms with Crippen LogP contribution in [-0.4, -0.2) is 38.9 Å². The topological polar surface area (TPSA) is 54.9 Å². The third-order valence-corrected chi connectivity index (χ3v) is 5.36. The monoisotopic (exact) mass is 387 g/mol. The molecule has 1 fully saturated rings. The molecule has 5 nitrogen and oxygen atoms in total. The first-order valence-electron chi connectivity index (χ1n) is 9.54. The summed E-state index contributed by atoms with van der Waals surface area (Å²) in [6.45, 7) is 5.07. The molecule has 27 heavy (non-hydrogen) atoms. The molecular formula is C21H29N3O2S. The third kappa shape index (κ3) is 6.26. The Labute approximate surface area is 165 Å². The van der Waals surface area contributed by atoms with Crippen molar-refractivity contribution < 1.29 is 9.47 Å². The van der Waals surface area contributed by atoms with E-state index in [1.165, 1.54) is 11.1 Å². The molecule has 1 aromatic heterocycles. The van der Waals surface area contributed by atoms with Crippen molar-refractivity contribution in [1.82, 2.24) is 10.6 Å². The highest BCUT2D eigenvalue weighted by Gasteiger charge is 2.17. The Kier molecular flexibility index (Phi) is 7.54. The Balaban J connectivity index is 1.50. The Morgan fingerprint density at radius 1 is 1.33 bits per heavy atom. The van der Waals surface area contributed by atoms with Gasteiger partial charge in [-0.1, -0.05) is 12.1 Å². The molecule has 146 valence electrons. The lowest BCUT2D eigenvalue weighted by molar-refractivity contribution is 0.0676. The maximum absolute atomic E-state index is 6.07. The minimum atomic E-state index is 0.220. The van der Waals surface area contributed by atoms with Crippen molar-refractivity contribution in [2.24, 2.45) is 4.99 Å². The van der Waals surface area contributed by atoms with Crippen LogP contribution in [0, 0.1) is 6.92 Å². The van der Waals surface area contributed by atoms with E-state index in [4.69, 9.17) is 9.47 Å². The Bertz CT molecular complexity index is 725. The SMILES string of the molecule is CN=C(NCCc1ccsc1)NCc1ccc(C)cc1OCC1CCCO1. The van der Waals surface area contributed by atoms with E-state index in [2.05, 4.69) is 57.6 Å². The van der Waals surface area contributed by atoms with Crippen LogP contribution in [0.3, 0.4) is 0 Å². The quantitative estimate of drug-likeness (QED) is 0.537. The van der Waals surface area contributed by atoms with Crippen LogP contribution in [0.5, 0.6) is 5.75 Å². The highest BCUT2D eigenvalue weighted by atomic mass is 32.1. The second kappa shape index (κ2) is 10.3. The number of nitrogens with one attached hydrogen (secondary N) is 2. The Morgan fingerprint density at radius 3 is 3.00 bits per heavy atom. The molecular weight excluding hydrogens is 358 g/mol. The second-order valence-corrected chi connectivity index (χ2v) is 7.57. The zero-order valence-electron chi connectivity index (χ0n) is 16.2. The van der Waals surface area contributed by atoms with Gasteiger partial charge in [-0.05, 0) is 60.2 Å². The standard InChI is InChI=1S/C21H29N3O2S/c1-16-5-6-18(20(12-16)26-14-19-4-3-10-25-19)13-24-21(22-2)23-9-7-17-8-11-27-15-17/h5-6,8,11-12,15,19H,3-4,7,9-10,13-14H2,1-2H3,(H2,22,23,24). The van der Waals surface area contributed by atoms with E-state index in [0.717, 1.165) is 49.7 Å². The van der Waals surface area contributed by atoms with Crippen molar-refractivity contribution in [2.45, 2.75) is 38.8 Å². The van der Waals surface area contributed by atoms with E-state index in [9.17, 15) is 0 Å². The zero-order valence-corrected chi connectivity index (χ0v) is 17.0. The van der Waals surface area contributed by atoms with E-state index in [-0.39, 0.29) is 6.10 Å². The fourth-order valence-corrected chi connectivity index (χ4v) is 3.76. The van der Waals surface area contributed by atoms with E-state index >= 15 is 0 Å². The fourth-order valence-electron chi connectivity index (χ4n) is 3.06. The van der Waals surface area contributed by atoms with Crippen LogP contribution >= 0.6 is 11.3 Å². The first-order valence-corrected chi connectivity index (χ1v) is 10.5. The van der Waals surface area contributed by atoms with Crippen molar-refractivity contribution >= 4 is 17.3 Å². The normalized spacial score (nSPS) is 17.1. The molecule has 0 spiro atoms. The molecule has 2 N–H and O–H groups in total. The number of thiophene rings is 1. The summed E-state index contributed by atoms with van der Waals surface area (Å²) in [6, 6.07) is 8.49. The highest BCUT2D eigenvalue weighted by Crippen LogP contribution is 2.22. The molecule has 0 radical (unpaired) electrons. The number of guanidine groups is 1. The lowest BCUT2D eigenvalue weighted by atomic mass is 10.1. The van der Waals surface area contributed by atoms with E-state index in [1.54, 1.807) is 18.4 Å². The van der Waals surface area contributed by atoms with Gasteiger partial charge in [0.25, 0.3) is 0 Å². The minimum absolute atomic E-state index is 0.220. The molecule has 0 aliphatic carbocycles. The van der Waals surface area contributed by atoms with Crippen molar-refractivity contribution in [3.8, 4) is 5.75 Å². The van der Waals surface area contributed by atoms with Crippen LogP contribution in [0.25, 0.3) is 0 Å². The van der Waals surface area contributed by atoms with E-state index < -0.39 is 0 Å². The lowest BCUT2D eigenvalue weighted by Gasteiger charge is -2.17. The maximum Gasteiger partial charge on any atom is 0.191 e. The molecule has 0 saturated carbocycles. The molecule has 6 heteroatoms. The predicted molar refractivity (Wildman–Crippen MR) is 112 cm³/mol. The van der Waals surface area contributed by atoms with Gasteiger partial charge in [-0.3, -0.25) is 4.99 Å². The average molecular weight is 388 g/mol. The number of ether oxygens (including phenoxy) is 2. The molecule has 0 amide bonds. The molecule has 2 aromatic rings. The van der Waals surface area contributed by atoms with Gasteiger partial charge in [0.2, 0.25) is 0 Å². The van der Waals surface area contributed by atoms with Gasteiger partial charge in [-0.25, -0.2) is 0 Å². The van der Waals surface area contributed by atoms with Gasteiger partial charge in [-0.15, -0.1) is 0 Å². The van der Waals surface area contributed by atoms with Crippen molar-refractivity contribution in [3.05, 3.63) is 51.7 Å². The van der Waals surface area contributed by atoms with Gasteiger partial charge < -0.3 is 20.1 Å². The maximum atomic E-state index is 6.07. The predicted octanol–water partition coefficient (Wildman–Crippen LogP) is 3.52. The van der Waals surface area contributed by atoms with Gasteiger partial charge in [0.1, 0.15) is 12.4 Å². The van der Waals surface area contributed by atoms with Crippen LogP contribution < -0.4 is 15.4 Å². The first-order chi connectivity index (χ1) is 13.2. The van der Waals surface area contributed by atoms with Crippen LogP contribution in [0.2, 0.25) is 0 Å². The van der Waals surface area contributed by atoms with Crippen LogP contribution in [0.4, 0.5) is 0 Å². The summed E-state index contributed by atoms with van der Waals surface area (Å²) in [5.74, 6) is 1.72. The van der Waals surface area contributed by atoms with Gasteiger partial charge in [0, 0.05) is 32.3 Å². The van der Waals surface area contributed by atoms with E-state index in [1.807, 2.05) is 0 Å². The molecule has 3 rings (SSSR count). The number of nitrogens with zero attached hydrogens (tertiary/aromatic N) is 1. The van der Waals surface area contributed by atoms with Gasteiger partial charge in [0.15, 0.2) is 5.96 Å². The number of hydrogen-bond acceptors (Lipinski definition) is 4. The van der Waals surface area contributed by atoms with E-state index in [0.29, 0.717) is 13.2 Å². The van der Waals surface area contributed by atoms with Crippen molar-refractivity contribution in [2.75, 3.05) is 26.8 Å². The summed E-state index contributed by atoms with van der Waals surface area (Å²) < 4.78 is 11.7. The molecule has 0 bridgehead atoms. The summed E-state index contributed by atoms with van der Waals surface area (Å²) in [6.07, 6.45) is 3.42. The second-order valence-electron chi connectivity index (χ2n) is 6.79. The summed E-state index contributed by atoms with van der Waals surface area (Å²) in [7, 11) is 1.80. The molecule has 1 aliphatic rings. The Hall–Kier alpha value is -2.05. The smallest absolute Gasteiger partial charge is 0.191 e. The van der Waals surface area contributed by atoms with Crippen LogP contribution in [0.1, 0.15) is 29.5 Å². The fraction of sp³-hybridized carbons (Fsp3) is 0.476. The summed E-state index contributed by atoms with van der Waals surface area (Å²) in [5.41, 5.74) is 3.67. The van der Waals surface area contributed by atoms with Crippen molar-refractivity contribution in [1.29, 1.82) is 0 Å². The van der Waals surface area contributed by atoms with Gasteiger partial charge in [0.05, 0.1) is 6.10 Å². The van der Waals surface area contributed by atoms with Crippen LogP contribution in [0.15, 0.2) is 40.0 Å². The van der Waals surface area contributed by atoms with Crippen molar-refractivity contribution in [3.63, 3.8) is 0 Å². The highest BCUT2D eigenvalue weighted by molar-refractivity contribution is 7.07. The van der Waals surface area contributed by atoms with Gasteiger partial charge >= 0.3 is 0 Å². The lowest BCUT2D eigenvalue weighted by Crippen LogP contribution is -2.37. The molecule has 1 unspecified atom stereocenters. The number of benzene rings is 1. The largest absolute Gasteiger partial charge is 0.491 e. The third-order valence-electron chi connectivity index (χ3n) is 4.63. The van der Waals surface area contributed by atoms with Gasteiger partial charge in [-0.2, -0.15) is 11.3 Å². The number of hydrogen-bond donors (Lipinski definition) is 2. The van der Waals surface area contributed by atoms with Crippen LogP contribution in [-0.2, 0) is 17.7 Å². The molecule has 2 heterocycles. The Morgan fingerprint density at radius 2 is 2.26 bits per heavy atom.